The highest BCUT2D eigenvalue weighted by Gasteiger charge is 2.23. The summed E-state index contributed by atoms with van der Waals surface area (Å²) >= 11 is 1.84. The monoisotopic (exact) mass is 356 g/mol. The van der Waals surface area contributed by atoms with E-state index in [2.05, 4.69) is 70.4 Å². The number of rotatable bonds is 2. The van der Waals surface area contributed by atoms with Crippen molar-refractivity contribution in [2.75, 3.05) is 13.1 Å². The summed E-state index contributed by atoms with van der Waals surface area (Å²) in [6.07, 6.45) is 2.42. The van der Waals surface area contributed by atoms with Crippen molar-refractivity contribution in [2.24, 2.45) is 0 Å². The first-order valence-corrected chi connectivity index (χ1v) is 10.3. The van der Waals surface area contributed by atoms with Crippen LogP contribution in [0.2, 0.25) is 0 Å². The lowest BCUT2D eigenvalue weighted by molar-refractivity contribution is 0.459. The van der Waals surface area contributed by atoms with Crippen molar-refractivity contribution >= 4 is 11.3 Å². The number of piperidine rings is 1. The lowest BCUT2D eigenvalue weighted by atomic mass is 9.79. The van der Waals surface area contributed by atoms with Gasteiger partial charge in [-0.2, -0.15) is 0 Å². The van der Waals surface area contributed by atoms with E-state index in [0.29, 0.717) is 5.92 Å². The topological polar surface area (TPSA) is 24.9 Å². The predicted octanol–water partition coefficient (Wildman–Crippen LogP) is 5.87. The normalized spacial score (nSPS) is 17.0. The van der Waals surface area contributed by atoms with Gasteiger partial charge in [-0.05, 0) is 60.0 Å². The molecule has 0 unspecified atom stereocenters. The Hall–Kier alpha value is -1.19. The van der Waals surface area contributed by atoms with Crippen LogP contribution < -0.4 is 5.32 Å². The van der Waals surface area contributed by atoms with E-state index >= 15 is 0 Å². The molecule has 0 aliphatic carbocycles. The second-order valence-electron chi connectivity index (χ2n) is 9.39. The van der Waals surface area contributed by atoms with Crippen LogP contribution in [-0.2, 0) is 10.8 Å². The Labute approximate surface area is 157 Å². The van der Waals surface area contributed by atoms with Gasteiger partial charge in [-0.15, -0.1) is 11.3 Å². The lowest BCUT2D eigenvalue weighted by Crippen LogP contribution is -2.26. The molecule has 136 valence electrons. The van der Waals surface area contributed by atoms with Crippen molar-refractivity contribution in [1.29, 1.82) is 0 Å². The van der Waals surface area contributed by atoms with E-state index in [1.807, 2.05) is 11.3 Å². The van der Waals surface area contributed by atoms with Crippen LogP contribution in [0, 0.1) is 0 Å². The van der Waals surface area contributed by atoms with Crippen LogP contribution in [0.1, 0.15) is 76.4 Å². The maximum absolute atomic E-state index is 5.04. The Kier molecular flexibility index (Phi) is 5.09. The first-order valence-electron chi connectivity index (χ1n) is 9.47. The molecule has 1 saturated heterocycles. The third-order valence-electron chi connectivity index (χ3n) is 5.17. The van der Waals surface area contributed by atoms with Crippen molar-refractivity contribution in [3.05, 3.63) is 39.7 Å². The maximum atomic E-state index is 5.04. The van der Waals surface area contributed by atoms with Gasteiger partial charge in [0.2, 0.25) is 0 Å². The molecular weight excluding hydrogens is 324 g/mol. The molecule has 3 rings (SSSR count). The molecule has 3 heteroatoms. The summed E-state index contributed by atoms with van der Waals surface area (Å²) in [5.74, 6) is 0.632. The molecule has 1 aliphatic rings. The number of nitrogens with one attached hydrogen (secondary N) is 1. The highest BCUT2D eigenvalue weighted by Crippen LogP contribution is 2.36. The first kappa shape index (κ1) is 18.6. The fourth-order valence-corrected chi connectivity index (χ4v) is 4.32. The van der Waals surface area contributed by atoms with E-state index in [1.165, 1.54) is 34.5 Å². The van der Waals surface area contributed by atoms with Gasteiger partial charge in [0.1, 0.15) is 0 Å². The van der Waals surface area contributed by atoms with E-state index < -0.39 is 0 Å². The zero-order valence-corrected chi connectivity index (χ0v) is 17.4. The van der Waals surface area contributed by atoms with Gasteiger partial charge in [0.25, 0.3) is 0 Å². The summed E-state index contributed by atoms with van der Waals surface area (Å²) in [6, 6.07) is 7.07. The SMILES string of the molecule is CC(C)(C)c1cc(-c2csc(C3CCNCC3)n2)cc(C(C)(C)C)c1. The van der Waals surface area contributed by atoms with Crippen LogP contribution in [-0.4, -0.2) is 18.1 Å². The molecule has 2 nitrogen and oxygen atoms in total. The number of hydrogen-bond donors (Lipinski definition) is 1. The Balaban J connectivity index is 2.00. The quantitative estimate of drug-likeness (QED) is 0.727. The lowest BCUT2D eigenvalue weighted by Gasteiger charge is -2.26. The largest absolute Gasteiger partial charge is 0.317 e. The van der Waals surface area contributed by atoms with Crippen LogP contribution in [0.5, 0.6) is 0 Å². The highest BCUT2D eigenvalue weighted by atomic mass is 32.1. The van der Waals surface area contributed by atoms with Gasteiger partial charge < -0.3 is 5.32 Å². The van der Waals surface area contributed by atoms with Crippen LogP contribution >= 0.6 is 11.3 Å². The van der Waals surface area contributed by atoms with E-state index in [9.17, 15) is 0 Å². The Morgan fingerprint density at radius 2 is 1.48 bits per heavy atom. The maximum Gasteiger partial charge on any atom is 0.0964 e. The minimum absolute atomic E-state index is 0.143. The average molecular weight is 357 g/mol. The fourth-order valence-electron chi connectivity index (χ4n) is 3.32. The predicted molar refractivity (Wildman–Crippen MR) is 110 cm³/mol. The molecule has 1 N–H and O–H groups in total. The Bertz CT molecular complexity index is 693. The molecule has 0 amide bonds. The number of benzene rings is 1. The number of nitrogens with zero attached hydrogens (tertiary/aromatic N) is 1. The van der Waals surface area contributed by atoms with Crippen molar-refractivity contribution in [1.82, 2.24) is 10.3 Å². The standard InChI is InChI=1S/C22H32N2S/c1-21(2,3)17-11-16(12-18(13-17)22(4,5)6)19-14-25-20(24-19)15-7-9-23-10-8-15/h11-15,23H,7-10H2,1-6H3. The first-order chi connectivity index (χ1) is 11.6. The van der Waals surface area contributed by atoms with Crippen molar-refractivity contribution in [2.45, 2.75) is 71.1 Å². The third-order valence-corrected chi connectivity index (χ3v) is 6.18. The Morgan fingerprint density at radius 1 is 0.920 bits per heavy atom. The van der Waals surface area contributed by atoms with Gasteiger partial charge in [-0.1, -0.05) is 47.6 Å². The van der Waals surface area contributed by atoms with Crippen molar-refractivity contribution in [3.63, 3.8) is 0 Å². The molecule has 0 radical (unpaired) electrons. The molecule has 2 heterocycles. The molecule has 0 saturated carbocycles. The van der Waals surface area contributed by atoms with E-state index in [4.69, 9.17) is 4.98 Å². The van der Waals surface area contributed by atoms with Crippen molar-refractivity contribution in [3.8, 4) is 11.3 Å². The Morgan fingerprint density at radius 3 is 2.00 bits per heavy atom. The van der Waals surface area contributed by atoms with Crippen LogP contribution in [0.4, 0.5) is 0 Å². The minimum Gasteiger partial charge on any atom is -0.317 e. The third kappa shape index (κ3) is 4.32. The molecule has 1 fully saturated rings. The molecule has 1 aromatic carbocycles. The molecule has 1 aliphatic heterocycles. The number of hydrogen-bond acceptors (Lipinski definition) is 3. The summed E-state index contributed by atoms with van der Waals surface area (Å²) in [6.45, 7) is 16.0. The van der Waals surface area contributed by atoms with Gasteiger partial charge >= 0.3 is 0 Å². The molecule has 2 aromatic rings. The summed E-state index contributed by atoms with van der Waals surface area (Å²) in [7, 11) is 0. The molecule has 0 atom stereocenters. The van der Waals surface area contributed by atoms with Gasteiger partial charge in [-0.3, -0.25) is 0 Å². The summed E-state index contributed by atoms with van der Waals surface area (Å²) in [5.41, 5.74) is 5.50. The minimum atomic E-state index is 0.143. The van der Waals surface area contributed by atoms with Gasteiger partial charge in [-0.25, -0.2) is 4.98 Å². The van der Waals surface area contributed by atoms with E-state index in [0.717, 1.165) is 18.8 Å². The second kappa shape index (κ2) is 6.85. The summed E-state index contributed by atoms with van der Waals surface area (Å²) < 4.78 is 0. The highest BCUT2D eigenvalue weighted by molar-refractivity contribution is 7.10. The molecule has 0 spiro atoms. The van der Waals surface area contributed by atoms with E-state index in [-0.39, 0.29) is 10.8 Å². The zero-order chi connectivity index (χ0) is 18.2. The summed E-state index contributed by atoms with van der Waals surface area (Å²) in [5, 5.41) is 7.02. The van der Waals surface area contributed by atoms with Crippen molar-refractivity contribution < 1.29 is 0 Å². The second-order valence-corrected chi connectivity index (χ2v) is 10.3. The number of aromatic nitrogens is 1. The average Bonchev–Trinajstić information content (AvgIpc) is 3.04. The van der Waals surface area contributed by atoms with Gasteiger partial charge in [0.15, 0.2) is 0 Å². The molecular formula is C22H32N2S. The number of thiazole rings is 1. The molecule has 25 heavy (non-hydrogen) atoms. The van der Waals surface area contributed by atoms with E-state index in [1.54, 1.807) is 0 Å². The zero-order valence-electron chi connectivity index (χ0n) is 16.6. The van der Waals surface area contributed by atoms with Crippen LogP contribution in [0.25, 0.3) is 11.3 Å². The van der Waals surface area contributed by atoms with Crippen LogP contribution in [0.3, 0.4) is 0 Å². The van der Waals surface area contributed by atoms with Gasteiger partial charge in [0, 0.05) is 16.9 Å². The van der Waals surface area contributed by atoms with Gasteiger partial charge in [0.05, 0.1) is 10.7 Å². The smallest absolute Gasteiger partial charge is 0.0964 e. The fraction of sp³-hybridized carbons (Fsp3) is 0.591. The summed E-state index contributed by atoms with van der Waals surface area (Å²) in [4.78, 5) is 5.04. The molecule has 1 aromatic heterocycles. The molecule has 0 bridgehead atoms. The van der Waals surface area contributed by atoms with Crippen LogP contribution in [0.15, 0.2) is 23.6 Å².